The van der Waals surface area contributed by atoms with Gasteiger partial charge in [0.1, 0.15) is 0 Å². The Balaban J connectivity index is 1.96. The lowest BCUT2D eigenvalue weighted by molar-refractivity contribution is -0.130. The third-order valence-corrected chi connectivity index (χ3v) is 3.55. The molecule has 2 nitrogen and oxygen atoms in total. The van der Waals surface area contributed by atoms with Crippen LogP contribution in [0.1, 0.15) is 31.2 Å². The van der Waals surface area contributed by atoms with Crippen molar-refractivity contribution in [1.82, 2.24) is 5.32 Å². The van der Waals surface area contributed by atoms with Crippen LogP contribution in [0.3, 0.4) is 0 Å². The first-order valence-corrected chi connectivity index (χ1v) is 6.19. The van der Waals surface area contributed by atoms with Crippen molar-refractivity contribution in [3.63, 3.8) is 0 Å². The molecule has 0 bridgehead atoms. The van der Waals surface area contributed by atoms with Crippen molar-refractivity contribution >= 4 is 17.5 Å². The topological polar surface area (TPSA) is 29.1 Å². The fourth-order valence-corrected chi connectivity index (χ4v) is 2.36. The summed E-state index contributed by atoms with van der Waals surface area (Å²) in [6.07, 6.45) is -0.540. The molecule has 1 aliphatic carbocycles. The fraction of sp³-hybridized carbons (Fsp3) is 0.462. The van der Waals surface area contributed by atoms with Gasteiger partial charge >= 0.3 is 0 Å². The molecular weight excluding hydrogens is 260 g/mol. The van der Waals surface area contributed by atoms with Crippen LogP contribution >= 0.6 is 11.6 Å². The summed E-state index contributed by atoms with van der Waals surface area (Å²) < 4.78 is 25.3. The van der Waals surface area contributed by atoms with E-state index in [1.54, 1.807) is 31.2 Å². The maximum absolute atomic E-state index is 12.7. The smallest absolute Gasteiger partial charge is 0.252 e. The summed E-state index contributed by atoms with van der Waals surface area (Å²) in [4.78, 5) is 11.9. The molecule has 1 fully saturated rings. The van der Waals surface area contributed by atoms with Gasteiger partial charge < -0.3 is 5.32 Å². The molecule has 1 atom stereocenters. The highest BCUT2D eigenvalue weighted by atomic mass is 35.5. The second-order valence-electron chi connectivity index (χ2n) is 4.71. The van der Waals surface area contributed by atoms with Crippen LogP contribution in [-0.2, 0) is 4.79 Å². The molecule has 0 spiro atoms. The maximum Gasteiger partial charge on any atom is 0.252 e. The van der Waals surface area contributed by atoms with E-state index in [1.165, 1.54) is 0 Å². The lowest BCUT2D eigenvalue weighted by Gasteiger charge is -2.35. The molecule has 1 N–H and O–H groups in total. The summed E-state index contributed by atoms with van der Waals surface area (Å²) in [5.74, 6) is -3.32. The molecular formula is C13H14ClF2NO. The normalized spacial score (nSPS) is 20.0. The predicted molar refractivity (Wildman–Crippen MR) is 66.0 cm³/mol. The number of hydrogen-bond donors (Lipinski definition) is 1. The minimum atomic E-state index is -2.62. The van der Waals surface area contributed by atoms with Crippen LogP contribution in [0.15, 0.2) is 24.3 Å². The van der Waals surface area contributed by atoms with Gasteiger partial charge in [0, 0.05) is 23.9 Å². The van der Waals surface area contributed by atoms with Crippen LogP contribution in [-0.4, -0.2) is 17.9 Å². The van der Waals surface area contributed by atoms with Gasteiger partial charge in [0.25, 0.3) is 5.92 Å². The number of carbonyl (C=O) groups excluding carboxylic acids is 1. The first kappa shape index (κ1) is 13.3. The minimum Gasteiger partial charge on any atom is -0.352 e. The van der Waals surface area contributed by atoms with Crippen LogP contribution in [0.4, 0.5) is 8.78 Å². The SMILES string of the molecule is CC(C(=O)NC1CC(F)(F)C1)c1ccccc1Cl. The summed E-state index contributed by atoms with van der Waals surface area (Å²) in [6, 6.07) is 6.63. The number of alkyl halides is 2. The van der Waals surface area contributed by atoms with E-state index >= 15 is 0 Å². The molecule has 2 rings (SSSR count). The van der Waals surface area contributed by atoms with E-state index in [9.17, 15) is 13.6 Å². The summed E-state index contributed by atoms with van der Waals surface area (Å²) in [7, 11) is 0. The summed E-state index contributed by atoms with van der Waals surface area (Å²) in [5.41, 5.74) is 0.711. The number of nitrogens with one attached hydrogen (secondary N) is 1. The Morgan fingerprint density at radius 3 is 2.61 bits per heavy atom. The van der Waals surface area contributed by atoms with E-state index in [0.717, 1.165) is 0 Å². The number of benzene rings is 1. The number of amides is 1. The third-order valence-electron chi connectivity index (χ3n) is 3.20. The highest BCUT2D eigenvalue weighted by molar-refractivity contribution is 6.31. The largest absolute Gasteiger partial charge is 0.352 e. The van der Waals surface area contributed by atoms with E-state index in [4.69, 9.17) is 11.6 Å². The summed E-state index contributed by atoms with van der Waals surface area (Å²) >= 11 is 5.99. The molecule has 0 heterocycles. The van der Waals surface area contributed by atoms with Gasteiger partial charge in [0.2, 0.25) is 5.91 Å². The molecule has 1 amide bonds. The van der Waals surface area contributed by atoms with Crippen molar-refractivity contribution in [2.45, 2.75) is 37.6 Å². The summed E-state index contributed by atoms with van der Waals surface area (Å²) in [6.45, 7) is 1.72. The van der Waals surface area contributed by atoms with Crippen LogP contribution in [0.2, 0.25) is 5.02 Å². The quantitative estimate of drug-likeness (QED) is 0.899. The van der Waals surface area contributed by atoms with Crippen molar-refractivity contribution in [1.29, 1.82) is 0 Å². The van der Waals surface area contributed by atoms with E-state index in [1.807, 2.05) is 0 Å². The minimum absolute atomic E-state index is 0.261. The van der Waals surface area contributed by atoms with Gasteiger partial charge in [0.15, 0.2) is 0 Å². The Bertz CT molecular complexity index is 456. The second kappa shape index (κ2) is 4.84. The van der Waals surface area contributed by atoms with Crippen molar-refractivity contribution in [3.8, 4) is 0 Å². The number of rotatable bonds is 3. The zero-order valence-corrected chi connectivity index (χ0v) is 10.7. The number of halogens is 3. The van der Waals surface area contributed by atoms with Crippen LogP contribution in [0.5, 0.6) is 0 Å². The van der Waals surface area contributed by atoms with E-state index < -0.39 is 17.9 Å². The van der Waals surface area contributed by atoms with Gasteiger partial charge in [-0.3, -0.25) is 4.79 Å². The maximum atomic E-state index is 12.7. The van der Waals surface area contributed by atoms with Crippen molar-refractivity contribution in [2.24, 2.45) is 0 Å². The molecule has 1 aliphatic rings. The summed E-state index contributed by atoms with van der Waals surface area (Å²) in [5, 5.41) is 3.13. The molecule has 0 aromatic heterocycles. The molecule has 1 aromatic carbocycles. The molecule has 98 valence electrons. The molecule has 18 heavy (non-hydrogen) atoms. The van der Waals surface area contributed by atoms with Crippen LogP contribution < -0.4 is 5.32 Å². The van der Waals surface area contributed by atoms with Gasteiger partial charge in [-0.05, 0) is 18.6 Å². The molecule has 5 heteroatoms. The second-order valence-corrected chi connectivity index (χ2v) is 5.12. The van der Waals surface area contributed by atoms with Gasteiger partial charge in [-0.1, -0.05) is 29.8 Å². The van der Waals surface area contributed by atoms with E-state index in [-0.39, 0.29) is 18.7 Å². The fourth-order valence-electron chi connectivity index (χ4n) is 2.06. The van der Waals surface area contributed by atoms with Crippen LogP contribution in [0, 0.1) is 0 Å². The Kier molecular flexibility index (Phi) is 3.57. The lowest BCUT2D eigenvalue weighted by Crippen LogP contribution is -2.51. The zero-order chi connectivity index (χ0) is 13.3. The molecule has 1 aromatic rings. The zero-order valence-electron chi connectivity index (χ0n) is 9.92. The average molecular weight is 274 g/mol. The molecule has 0 radical (unpaired) electrons. The van der Waals surface area contributed by atoms with E-state index in [0.29, 0.717) is 10.6 Å². The molecule has 0 saturated heterocycles. The van der Waals surface area contributed by atoms with Gasteiger partial charge in [-0.25, -0.2) is 8.78 Å². The average Bonchev–Trinajstić information content (AvgIpc) is 2.26. The predicted octanol–water partition coefficient (Wildman–Crippen LogP) is 3.36. The highest BCUT2D eigenvalue weighted by Crippen LogP contribution is 2.37. The molecule has 1 unspecified atom stereocenters. The third kappa shape index (κ3) is 2.80. The Morgan fingerprint density at radius 2 is 2.06 bits per heavy atom. The lowest BCUT2D eigenvalue weighted by atomic mass is 9.87. The Labute approximate surface area is 109 Å². The molecule has 0 aliphatic heterocycles. The number of carbonyl (C=O) groups is 1. The van der Waals surface area contributed by atoms with Gasteiger partial charge in [0.05, 0.1) is 5.92 Å². The standard InChI is InChI=1S/C13H14ClF2NO/c1-8(10-4-2-3-5-11(10)14)12(18)17-9-6-13(15,16)7-9/h2-5,8-9H,6-7H2,1H3,(H,17,18). The first-order valence-electron chi connectivity index (χ1n) is 5.82. The Morgan fingerprint density at radius 1 is 1.44 bits per heavy atom. The highest BCUT2D eigenvalue weighted by Gasteiger charge is 2.46. The van der Waals surface area contributed by atoms with Gasteiger partial charge in [-0.2, -0.15) is 0 Å². The monoisotopic (exact) mass is 273 g/mol. The molecule has 1 saturated carbocycles. The number of hydrogen-bond acceptors (Lipinski definition) is 1. The Hall–Kier alpha value is -1.16. The van der Waals surface area contributed by atoms with Crippen molar-refractivity contribution < 1.29 is 13.6 Å². The van der Waals surface area contributed by atoms with E-state index in [2.05, 4.69) is 5.32 Å². The van der Waals surface area contributed by atoms with Crippen LogP contribution in [0.25, 0.3) is 0 Å². The first-order chi connectivity index (χ1) is 8.39. The van der Waals surface area contributed by atoms with Crippen molar-refractivity contribution in [2.75, 3.05) is 0 Å². The van der Waals surface area contributed by atoms with Crippen molar-refractivity contribution in [3.05, 3.63) is 34.9 Å². The van der Waals surface area contributed by atoms with Gasteiger partial charge in [-0.15, -0.1) is 0 Å².